The van der Waals surface area contributed by atoms with E-state index in [2.05, 4.69) is 15.9 Å². The molecule has 0 aliphatic rings. The van der Waals surface area contributed by atoms with Crippen LogP contribution in [0.1, 0.15) is 5.56 Å². The van der Waals surface area contributed by atoms with Gasteiger partial charge in [-0.3, -0.25) is 0 Å². The van der Waals surface area contributed by atoms with Crippen molar-refractivity contribution in [3.63, 3.8) is 0 Å². The van der Waals surface area contributed by atoms with Gasteiger partial charge in [-0.25, -0.2) is 8.42 Å². The second-order valence-electron chi connectivity index (χ2n) is 2.63. The van der Waals surface area contributed by atoms with Gasteiger partial charge in [-0.2, -0.15) is 0 Å². The Morgan fingerprint density at radius 3 is 2.46 bits per heavy atom. The molecule has 5 heteroatoms. The quantitative estimate of drug-likeness (QED) is 0.782. The van der Waals surface area contributed by atoms with Crippen LogP contribution in [0.5, 0.6) is 0 Å². The van der Waals surface area contributed by atoms with Crippen molar-refractivity contribution in [2.45, 2.75) is 10.2 Å². The minimum Gasteiger partial charge on any atom is -0.224 e. The first-order valence-corrected chi connectivity index (χ1v) is 6.89. The van der Waals surface area contributed by atoms with Gasteiger partial charge in [0.1, 0.15) is 0 Å². The van der Waals surface area contributed by atoms with Crippen molar-refractivity contribution in [1.82, 2.24) is 0 Å². The molecule has 0 atom stereocenters. The van der Waals surface area contributed by atoms with Crippen LogP contribution in [-0.4, -0.2) is 14.7 Å². The molecule has 0 spiro atoms. The molecular weight excluding hydrogens is 276 g/mol. The van der Waals surface area contributed by atoms with Crippen molar-refractivity contribution in [2.75, 3.05) is 6.26 Å². The van der Waals surface area contributed by atoms with Crippen molar-refractivity contribution in [1.29, 1.82) is 0 Å². The lowest BCUT2D eigenvalue weighted by molar-refractivity contribution is 0.601. The molecular formula is C8H8BrClO2S. The number of rotatable bonds is 2. The molecule has 13 heavy (non-hydrogen) atoms. The Balaban J connectivity index is 3.50. The maximum atomic E-state index is 11.3. The first kappa shape index (κ1) is 11.0. The zero-order valence-corrected chi connectivity index (χ0v) is 10.1. The molecule has 0 N–H and O–H groups in total. The van der Waals surface area contributed by atoms with E-state index in [9.17, 15) is 8.42 Å². The molecule has 1 aromatic carbocycles. The summed E-state index contributed by atoms with van der Waals surface area (Å²) in [5.74, 6) is 0. The van der Waals surface area contributed by atoms with Crippen LogP contribution in [0.2, 0.25) is 5.02 Å². The van der Waals surface area contributed by atoms with E-state index in [1.165, 1.54) is 0 Å². The zero-order chi connectivity index (χ0) is 10.1. The second-order valence-corrected chi connectivity index (χ2v) is 5.55. The van der Waals surface area contributed by atoms with Gasteiger partial charge in [-0.05, 0) is 11.6 Å². The summed E-state index contributed by atoms with van der Waals surface area (Å²) in [7, 11) is -3.24. The van der Waals surface area contributed by atoms with Crippen LogP contribution in [-0.2, 0) is 15.2 Å². The second kappa shape index (κ2) is 3.98. The Labute approximate surface area is 91.0 Å². The summed E-state index contributed by atoms with van der Waals surface area (Å²) < 4.78 is 22.7. The minimum absolute atomic E-state index is 0.216. The third-order valence-electron chi connectivity index (χ3n) is 1.56. The molecule has 0 aliphatic carbocycles. The summed E-state index contributed by atoms with van der Waals surface area (Å²) in [5.41, 5.74) is 0.690. The lowest BCUT2D eigenvalue weighted by Gasteiger charge is -2.06. The van der Waals surface area contributed by atoms with E-state index in [4.69, 9.17) is 11.6 Å². The predicted molar refractivity (Wildman–Crippen MR) is 57.2 cm³/mol. The molecule has 0 heterocycles. The third kappa shape index (κ3) is 2.45. The molecule has 0 saturated carbocycles. The van der Waals surface area contributed by atoms with Crippen molar-refractivity contribution < 1.29 is 8.42 Å². The molecule has 72 valence electrons. The SMILES string of the molecule is CS(=O)(=O)c1c(Cl)cccc1CBr. The highest BCUT2D eigenvalue weighted by Crippen LogP contribution is 2.26. The van der Waals surface area contributed by atoms with Crippen molar-refractivity contribution in [3.05, 3.63) is 28.8 Å². The molecule has 2 nitrogen and oxygen atoms in total. The van der Waals surface area contributed by atoms with Crippen LogP contribution in [0, 0.1) is 0 Å². The van der Waals surface area contributed by atoms with Crippen LogP contribution in [0.4, 0.5) is 0 Å². The standard InChI is InChI=1S/C8H8BrClO2S/c1-13(11,12)8-6(5-9)3-2-4-7(8)10/h2-4H,5H2,1H3. The molecule has 0 unspecified atom stereocenters. The van der Waals surface area contributed by atoms with Gasteiger partial charge in [0.2, 0.25) is 0 Å². The van der Waals surface area contributed by atoms with E-state index in [1.54, 1.807) is 18.2 Å². The highest BCUT2D eigenvalue weighted by molar-refractivity contribution is 9.08. The van der Waals surface area contributed by atoms with Crippen LogP contribution < -0.4 is 0 Å². The van der Waals surface area contributed by atoms with Gasteiger partial charge in [0, 0.05) is 11.6 Å². The topological polar surface area (TPSA) is 34.1 Å². The van der Waals surface area contributed by atoms with E-state index in [1.807, 2.05) is 0 Å². The van der Waals surface area contributed by atoms with Gasteiger partial charge >= 0.3 is 0 Å². The summed E-state index contributed by atoms with van der Waals surface area (Å²) in [5, 5.41) is 0.759. The molecule has 1 aromatic rings. The highest BCUT2D eigenvalue weighted by Gasteiger charge is 2.15. The fourth-order valence-electron chi connectivity index (χ4n) is 1.07. The summed E-state index contributed by atoms with van der Waals surface area (Å²) in [4.78, 5) is 0.216. The first-order valence-electron chi connectivity index (χ1n) is 3.50. The molecule has 0 saturated heterocycles. The average molecular weight is 284 g/mol. The summed E-state index contributed by atoms with van der Waals surface area (Å²) in [6, 6.07) is 5.04. The number of sulfone groups is 1. The molecule has 0 aromatic heterocycles. The number of hydrogen-bond acceptors (Lipinski definition) is 2. The van der Waals surface area contributed by atoms with Crippen molar-refractivity contribution >= 4 is 37.4 Å². The van der Waals surface area contributed by atoms with Gasteiger partial charge in [0.15, 0.2) is 9.84 Å². The fraction of sp³-hybridized carbons (Fsp3) is 0.250. The lowest BCUT2D eigenvalue weighted by Crippen LogP contribution is -2.02. The van der Waals surface area contributed by atoms with Crippen molar-refractivity contribution in [2.24, 2.45) is 0 Å². The van der Waals surface area contributed by atoms with Crippen LogP contribution in [0.3, 0.4) is 0 Å². The number of alkyl halides is 1. The molecule has 1 rings (SSSR count). The molecule has 0 radical (unpaired) electrons. The van der Waals surface area contributed by atoms with E-state index in [-0.39, 0.29) is 9.92 Å². The average Bonchev–Trinajstić information content (AvgIpc) is 2.01. The fourth-order valence-corrected chi connectivity index (χ4v) is 3.38. The normalized spacial score (nSPS) is 11.6. The summed E-state index contributed by atoms with van der Waals surface area (Å²) in [6.07, 6.45) is 1.15. The Morgan fingerprint density at radius 1 is 1.46 bits per heavy atom. The first-order chi connectivity index (χ1) is 5.96. The highest BCUT2D eigenvalue weighted by atomic mass is 79.9. The maximum Gasteiger partial charge on any atom is 0.177 e. The molecule has 0 amide bonds. The van der Waals surface area contributed by atoms with Gasteiger partial charge in [0.25, 0.3) is 0 Å². The third-order valence-corrected chi connectivity index (χ3v) is 3.82. The van der Waals surface area contributed by atoms with Crippen molar-refractivity contribution in [3.8, 4) is 0 Å². The lowest BCUT2D eigenvalue weighted by atomic mass is 10.2. The largest absolute Gasteiger partial charge is 0.224 e. The molecule has 0 aliphatic heterocycles. The van der Waals surface area contributed by atoms with E-state index < -0.39 is 9.84 Å². The van der Waals surface area contributed by atoms with Crippen LogP contribution in [0.15, 0.2) is 23.1 Å². The maximum absolute atomic E-state index is 11.3. The van der Waals surface area contributed by atoms with Gasteiger partial charge in [-0.15, -0.1) is 0 Å². The monoisotopic (exact) mass is 282 g/mol. The predicted octanol–water partition coefficient (Wildman–Crippen LogP) is 2.64. The van der Waals surface area contributed by atoms with E-state index in [0.717, 1.165) is 6.26 Å². The summed E-state index contributed by atoms with van der Waals surface area (Å²) >= 11 is 9.00. The van der Waals surface area contributed by atoms with E-state index >= 15 is 0 Å². The zero-order valence-electron chi connectivity index (χ0n) is 6.92. The molecule has 0 bridgehead atoms. The van der Waals surface area contributed by atoms with E-state index in [0.29, 0.717) is 10.9 Å². The van der Waals surface area contributed by atoms with Gasteiger partial charge < -0.3 is 0 Å². The van der Waals surface area contributed by atoms with Crippen LogP contribution in [0.25, 0.3) is 0 Å². The number of benzene rings is 1. The Hall–Kier alpha value is -0.0600. The number of halogens is 2. The Kier molecular flexibility index (Phi) is 3.38. The Morgan fingerprint density at radius 2 is 2.08 bits per heavy atom. The van der Waals surface area contributed by atoms with Gasteiger partial charge in [0.05, 0.1) is 9.92 Å². The smallest absolute Gasteiger partial charge is 0.177 e. The minimum atomic E-state index is -3.24. The Bertz CT molecular complexity index is 414. The van der Waals surface area contributed by atoms with Gasteiger partial charge in [-0.1, -0.05) is 39.7 Å². The number of hydrogen-bond donors (Lipinski definition) is 0. The molecule has 0 fully saturated rings. The summed E-state index contributed by atoms with van der Waals surface area (Å²) in [6.45, 7) is 0. The van der Waals surface area contributed by atoms with Crippen LogP contribution >= 0.6 is 27.5 Å².